The summed E-state index contributed by atoms with van der Waals surface area (Å²) in [5.41, 5.74) is 1.14. The van der Waals surface area contributed by atoms with Crippen LogP contribution in [0.5, 0.6) is 0 Å². The summed E-state index contributed by atoms with van der Waals surface area (Å²) >= 11 is 3.88. The quantitative estimate of drug-likeness (QED) is 0.483. The van der Waals surface area contributed by atoms with Crippen LogP contribution in [-0.2, 0) is 6.42 Å². The molecule has 0 spiro atoms. The van der Waals surface area contributed by atoms with Gasteiger partial charge in [-0.25, -0.2) is 4.98 Å². The molecule has 2 rings (SSSR count). The number of nitrogens with one attached hydrogen (secondary N) is 1. The monoisotopic (exact) mass is 354 g/mol. The molecule has 130 valence electrons. The van der Waals surface area contributed by atoms with Crippen molar-refractivity contribution in [2.45, 2.75) is 45.3 Å². The second-order valence-corrected chi connectivity index (χ2v) is 8.70. The van der Waals surface area contributed by atoms with Crippen LogP contribution < -0.4 is 5.32 Å². The molecular weight excluding hydrogens is 324 g/mol. The standard InChI is InChI=1S/C17H30N4S2/c1-13(2)15-11-21(9-10-22-15)17(18-4)19-8-6-5-7-16-20-14(3)12-23-16/h12-13,15H,5-11H2,1-4H3,(H,18,19). The van der Waals surface area contributed by atoms with Crippen LogP contribution in [0.1, 0.15) is 37.4 Å². The average molecular weight is 355 g/mol. The van der Waals surface area contributed by atoms with Gasteiger partial charge in [-0.15, -0.1) is 11.3 Å². The molecule has 1 fully saturated rings. The maximum absolute atomic E-state index is 4.52. The van der Waals surface area contributed by atoms with Gasteiger partial charge in [0.25, 0.3) is 0 Å². The van der Waals surface area contributed by atoms with E-state index in [1.165, 1.54) is 17.2 Å². The van der Waals surface area contributed by atoms with Gasteiger partial charge < -0.3 is 10.2 Å². The highest BCUT2D eigenvalue weighted by Gasteiger charge is 2.24. The number of thiazole rings is 1. The number of rotatable bonds is 6. The van der Waals surface area contributed by atoms with E-state index in [4.69, 9.17) is 0 Å². The molecule has 1 N–H and O–H groups in total. The fraction of sp³-hybridized carbons (Fsp3) is 0.765. The molecule has 23 heavy (non-hydrogen) atoms. The van der Waals surface area contributed by atoms with Crippen LogP contribution in [0.25, 0.3) is 0 Å². The minimum absolute atomic E-state index is 0.718. The Hall–Kier alpha value is -0.750. The Labute approximate surface area is 149 Å². The predicted molar refractivity (Wildman–Crippen MR) is 104 cm³/mol. The summed E-state index contributed by atoms with van der Waals surface area (Å²) in [6.07, 6.45) is 3.43. The number of hydrogen-bond donors (Lipinski definition) is 1. The van der Waals surface area contributed by atoms with Crippen LogP contribution in [0.15, 0.2) is 10.4 Å². The van der Waals surface area contributed by atoms with Crippen molar-refractivity contribution in [3.63, 3.8) is 0 Å². The maximum atomic E-state index is 4.52. The highest BCUT2D eigenvalue weighted by Crippen LogP contribution is 2.24. The highest BCUT2D eigenvalue weighted by atomic mass is 32.2. The van der Waals surface area contributed by atoms with Gasteiger partial charge in [-0.05, 0) is 32.1 Å². The van der Waals surface area contributed by atoms with Crippen molar-refractivity contribution < 1.29 is 0 Å². The van der Waals surface area contributed by atoms with Gasteiger partial charge >= 0.3 is 0 Å². The van der Waals surface area contributed by atoms with Crippen LogP contribution in [0.4, 0.5) is 0 Å². The normalized spacial score (nSPS) is 19.4. The lowest BCUT2D eigenvalue weighted by Gasteiger charge is -2.36. The zero-order valence-electron chi connectivity index (χ0n) is 14.8. The van der Waals surface area contributed by atoms with Gasteiger partial charge in [0.15, 0.2) is 5.96 Å². The summed E-state index contributed by atoms with van der Waals surface area (Å²) < 4.78 is 0. The minimum Gasteiger partial charge on any atom is -0.356 e. The summed E-state index contributed by atoms with van der Waals surface area (Å²) in [6, 6.07) is 0. The minimum atomic E-state index is 0.718. The van der Waals surface area contributed by atoms with Gasteiger partial charge in [-0.2, -0.15) is 11.8 Å². The molecule has 0 aliphatic carbocycles. The Bertz CT molecular complexity index is 499. The smallest absolute Gasteiger partial charge is 0.193 e. The molecule has 4 nitrogen and oxygen atoms in total. The van der Waals surface area contributed by atoms with Gasteiger partial charge in [-0.3, -0.25) is 4.99 Å². The largest absolute Gasteiger partial charge is 0.356 e. The van der Waals surface area contributed by atoms with Crippen LogP contribution in [0.3, 0.4) is 0 Å². The van der Waals surface area contributed by atoms with Gasteiger partial charge in [-0.1, -0.05) is 13.8 Å². The first-order chi connectivity index (χ1) is 11.1. The number of nitrogens with zero attached hydrogens (tertiary/aromatic N) is 3. The van der Waals surface area contributed by atoms with E-state index in [1.54, 1.807) is 11.3 Å². The number of aryl methyl sites for hydroxylation is 2. The SMILES string of the molecule is CN=C(NCCCCc1nc(C)cs1)N1CCSC(C(C)C)C1. The van der Waals surface area contributed by atoms with Crippen LogP contribution >= 0.6 is 23.1 Å². The van der Waals surface area contributed by atoms with Gasteiger partial charge in [0.2, 0.25) is 0 Å². The van der Waals surface area contributed by atoms with E-state index in [0.29, 0.717) is 0 Å². The molecule has 1 aliphatic heterocycles. The lowest BCUT2D eigenvalue weighted by atomic mass is 10.1. The van der Waals surface area contributed by atoms with Gasteiger partial charge in [0.1, 0.15) is 0 Å². The number of aromatic nitrogens is 1. The molecule has 0 amide bonds. The predicted octanol–water partition coefficient (Wildman–Crippen LogP) is 3.42. The Morgan fingerprint density at radius 1 is 1.48 bits per heavy atom. The van der Waals surface area contributed by atoms with Gasteiger partial charge in [0, 0.05) is 48.8 Å². The topological polar surface area (TPSA) is 40.5 Å². The molecule has 1 saturated heterocycles. The van der Waals surface area contributed by atoms with Crippen molar-refractivity contribution in [3.8, 4) is 0 Å². The number of aliphatic imine (C=N–C) groups is 1. The molecule has 0 aromatic carbocycles. The van der Waals surface area contributed by atoms with Crippen molar-refractivity contribution in [1.82, 2.24) is 15.2 Å². The first kappa shape index (κ1) is 18.6. The molecule has 2 heterocycles. The van der Waals surface area contributed by atoms with Crippen LogP contribution in [-0.4, -0.2) is 53.5 Å². The third kappa shape index (κ3) is 5.99. The van der Waals surface area contributed by atoms with Crippen LogP contribution in [0.2, 0.25) is 0 Å². The first-order valence-electron chi connectivity index (χ1n) is 8.58. The fourth-order valence-electron chi connectivity index (χ4n) is 2.72. The number of thioether (sulfide) groups is 1. The molecule has 1 unspecified atom stereocenters. The summed E-state index contributed by atoms with van der Waals surface area (Å²) in [7, 11) is 1.90. The van der Waals surface area contributed by atoms with E-state index in [-0.39, 0.29) is 0 Å². The average Bonchev–Trinajstić information content (AvgIpc) is 2.96. The number of unbranched alkanes of at least 4 members (excludes halogenated alkanes) is 1. The van der Waals surface area contributed by atoms with Crippen molar-refractivity contribution in [2.24, 2.45) is 10.9 Å². The molecule has 1 atom stereocenters. The van der Waals surface area contributed by atoms with Crippen molar-refractivity contribution >= 4 is 29.1 Å². The molecule has 0 saturated carbocycles. The zero-order chi connectivity index (χ0) is 16.7. The number of hydrogen-bond acceptors (Lipinski definition) is 4. The summed E-state index contributed by atoms with van der Waals surface area (Å²) in [5.74, 6) is 3.00. The van der Waals surface area contributed by atoms with Crippen molar-refractivity contribution in [3.05, 3.63) is 16.1 Å². The van der Waals surface area contributed by atoms with Gasteiger partial charge in [0.05, 0.1) is 5.01 Å². The molecule has 1 aromatic rings. The van der Waals surface area contributed by atoms with E-state index < -0.39 is 0 Å². The molecule has 1 aromatic heterocycles. The van der Waals surface area contributed by atoms with E-state index in [0.717, 1.165) is 55.3 Å². The lowest BCUT2D eigenvalue weighted by Crippen LogP contribution is -2.49. The molecule has 1 aliphatic rings. The Kier molecular flexibility index (Phi) is 7.70. The van der Waals surface area contributed by atoms with E-state index in [9.17, 15) is 0 Å². The Morgan fingerprint density at radius 2 is 2.30 bits per heavy atom. The third-order valence-electron chi connectivity index (χ3n) is 4.12. The molecule has 0 bridgehead atoms. The third-order valence-corrected chi connectivity index (χ3v) is 6.68. The second-order valence-electron chi connectivity index (χ2n) is 6.41. The maximum Gasteiger partial charge on any atom is 0.193 e. The first-order valence-corrected chi connectivity index (χ1v) is 10.5. The molecule has 0 radical (unpaired) electrons. The van der Waals surface area contributed by atoms with E-state index in [1.807, 2.05) is 7.05 Å². The summed E-state index contributed by atoms with van der Waals surface area (Å²) in [6.45, 7) is 9.90. The lowest BCUT2D eigenvalue weighted by molar-refractivity contribution is 0.380. The van der Waals surface area contributed by atoms with Crippen LogP contribution in [0, 0.1) is 12.8 Å². The Morgan fingerprint density at radius 3 is 2.96 bits per heavy atom. The van der Waals surface area contributed by atoms with E-state index in [2.05, 4.69) is 58.1 Å². The number of guanidine groups is 1. The van der Waals surface area contributed by atoms with Crippen molar-refractivity contribution in [2.75, 3.05) is 32.4 Å². The summed E-state index contributed by atoms with van der Waals surface area (Å²) in [4.78, 5) is 11.4. The van der Waals surface area contributed by atoms with Crippen molar-refractivity contribution in [1.29, 1.82) is 0 Å². The Balaban J connectivity index is 1.68. The fourth-order valence-corrected chi connectivity index (χ4v) is 4.84. The molecular formula is C17H30N4S2. The highest BCUT2D eigenvalue weighted by molar-refractivity contribution is 8.00. The molecule has 6 heteroatoms. The zero-order valence-corrected chi connectivity index (χ0v) is 16.5. The second kappa shape index (κ2) is 9.52. The van der Waals surface area contributed by atoms with E-state index >= 15 is 0 Å². The summed E-state index contributed by atoms with van der Waals surface area (Å²) in [5, 5.41) is 7.66.